The van der Waals surface area contributed by atoms with Crippen LogP contribution in [0.15, 0.2) is 84.0 Å². The Morgan fingerprint density at radius 1 is 0.935 bits per heavy atom. The summed E-state index contributed by atoms with van der Waals surface area (Å²) in [5.74, 6) is -0.223. The maximum absolute atomic E-state index is 13.1. The molecule has 4 rings (SSSR count). The highest BCUT2D eigenvalue weighted by atomic mass is 32.2. The van der Waals surface area contributed by atoms with Crippen molar-refractivity contribution >= 4 is 39.5 Å². The molecule has 0 radical (unpaired) electrons. The van der Waals surface area contributed by atoms with Gasteiger partial charge < -0.3 is 10.2 Å². The van der Waals surface area contributed by atoms with Crippen molar-refractivity contribution in [2.24, 2.45) is 0 Å². The molecule has 0 unspecified atom stereocenters. The lowest BCUT2D eigenvalue weighted by Gasteiger charge is -2.12. The molecule has 0 fully saturated rings. The Bertz CT molecular complexity index is 1240. The van der Waals surface area contributed by atoms with Gasteiger partial charge in [-0.25, -0.2) is 4.98 Å². The van der Waals surface area contributed by atoms with Gasteiger partial charge in [-0.15, -0.1) is 0 Å². The van der Waals surface area contributed by atoms with Crippen LogP contribution in [-0.4, -0.2) is 40.1 Å². The highest BCUT2D eigenvalue weighted by molar-refractivity contribution is 8.13. The van der Waals surface area contributed by atoms with Crippen LogP contribution in [0.1, 0.15) is 10.4 Å². The smallest absolute Gasteiger partial charge is 0.285 e. The van der Waals surface area contributed by atoms with Gasteiger partial charge in [0.05, 0.1) is 16.8 Å². The number of benzene rings is 2. The average Bonchev–Trinajstić information content (AvgIpc) is 2.80. The number of aromatic nitrogens is 2. The number of carbonyl (C=O) groups excluding carboxylic acids is 2. The van der Waals surface area contributed by atoms with Crippen molar-refractivity contribution in [1.82, 2.24) is 14.9 Å². The number of amides is 2. The number of para-hydroxylation sites is 1. The zero-order valence-electron chi connectivity index (χ0n) is 17.1. The predicted octanol–water partition coefficient (Wildman–Crippen LogP) is 5.32. The molecular weight excluding hydrogens is 408 g/mol. The van der Waals surface area contributed by atoms with Crippen LogP contribution in [0, 0.1) is 0 Å². The standard InChI is InChI=1S/C24H20N4O2S/c1-28(2)24(30)31-18-9-7-17(8-10-18)26-23(29)20-15-22(16-11-13-25-14-12-16)27-21-6-4-3-5-19(20)21/h3-15H,1-2H3,(H,26,29). The van der Waals surface area contributed by atoms with E-state index >= 15 is 0 Å². The number of thioether (sulfide) groups is 1. The van der Waals surface area contributed by atoms with Crippen LogP contribution >= 0.6 is 11.8 Å². The van der Waals surface area contributed by atoms with Crippen LogP contribution in [0.4, 0.5) is 10.5 Å². The lowest BCUT2D eigenvalue weighted by molar-refractivity contribution is 0.102. The van der Waals surface area contributed by atoms with E-state index in [1.54, 1.807) is 44.7 Å². The maximum Gasteiger partial charge on any atom is 0.285 e. The summed E-state index contributed by atoms with van der Waals surface area (Å²) < 4.78 is 0. The van der Waals surface area contributed by atoms with Crippen molar-refractivity contribution in [3.63, 3.8) is 0 Å². The zero-order chi connectivity index (χ0) is 21.8. The van der Waals surface area contributed by atoms with Crippen LogP contribution in [0.2, 0.25) is 0 Å². The van der Waals surface area contributed by atoms with E-state index < -0.39 is 0 Å². The monoisotopic (exact) mass is 428 g/mol. The summed E-state index contributed by atoms with van der Waals surface area (Å²) in [6.07, 6.45) is 3.40. The molecule has 7 heteroatoms. The lowest BCUT2D eigenvalue weighted by Crippen LogP contribution is -2.16. The Labute approximate surface area is 184 Å². The molecule has 4 aromatic rings. The van der Waals surface area contributed by atoms with Gasteiger partial charge >= 0.3 is 0 Å². The Kier molecular flexibility index (Phi) is 5.95. The van der Waals surface area contributed by atoms with E-state index in [1.807, 2.05) is 48.5 Å². The highest BCUT2D eigenvalue weighted by Gasteiger charge is 2.14. The molecule has 0 aliphatic carbocycles. The third kappa shape index (κ3) is 4.73. The van der Waals surface area contributed by atoms with Gasteiger partial charge in [0.15, 0.2) is 0 Å². The third-order valence-electron chi connectivity index (χ3n) is 4.62. The second-order valence-corrected chi connectivity index (χ2v) is 8.07. The van der Waals surface area contributed by atoms with Gasteiger partial charge in [0.1, 0.15) is 0 Å². The number of nitrogens with one attached hydrogen (secondary N) is 1. The molecule has 0 atom stereocenters. The summed E-state index contributed by atoms with van der Waals surface area (Å²) in [6, 6.07) is 20.3. The van der Waals surface area contributed by atoms with Crippen LogP contribution in [0.25, 0.3) is 22.2 Å². The normalized spacial score (nSPS) is 10.6. The van der Waals surface area contributed by atoms with Crippen molar-refractivity contribution in [2.75, 3.05) is 19.4 Å². The summed E-state index contributed by atoms with van der Waals surface area (Å²) in [4.78, 5) is 36.1. The quantitative estimate of drug-likeness (QED) is 0.445. The first-order chi connectivity index (χ1) is 15.0. The van der Waals surface area contributed by atoms with Crippen molar-refractivity contribution < 1.29 is 9.59 Å². The Balaban J connectivity index is 1.62. The summed E-state index contributed by atoms with van der Waals surface area (Å²) in [5.41, 5.74) is 3.54. The molecule has 0 saturated carbocycles. The lowest BCUT2D eigenvalue weighted by atomic mass is 10.0. The number of hydrogen-bond acceptors (Lipinski definition) is 5. The SMILES string of the molecule is CN(C)C(=O)Sc1ccc(NC(=O)c2cc(-c3ccncc3)nc3ccccc23)cc1. The summed E-state index contributed by atoms with van der Waals surface area (Å²) in [6.45, 7) is 0. The molecule has 2 aromatic heterocycles. The van der Waals surface area contributed by atoms with E-state index in [4.69, 9.17) is 4.98 Å². The van der Waals surface area contributed by atoms with Gasteiger partial charge in [0.25, 0.3) is 11.1 Å². The average molecular weight is 429 g/mol. The summed E-state index contributed by atoms with van der Waals surface area (Å²) in [5, 5.41) is 3.68. The summed E-state index contributed by atoms with van der Waals surface area (Å²) in [7, 11) is 3.42. The number of nitrogens with zero attached hydrogens (tertiary/aromatic N) is 3. The Morgan fingerprint density at radius 2 is 1.65 bits per heavy atom. The van der Waals surface area contributed by atoms with Gasteiger partial charge in [-0.3, -0.25) is 14.6 Å². The van der Waals surface area contributed by atoms with Gasteiger partial charge in [0.2, 0.25) is 0 Å². The van der Waals surface area contributed by atoms with Gasteiger partial charge in [-0.1, -0.05) is 18.2 Å². The van der Waals surface area contributed by atoms with E-state index in [9.17, 15) is 9.59 Å². The molecule has 31 heavy (non-hydrogen) atoms. The molecule has 0 aliphatic rings. The van der Waals surface area contributed by atoms with E-state index in [1.165, 1.54) is 4.90 Å². The second-order valence-electron chi connectivity index (χ2n) is 7.05. The molecule has 0 aliphatic heterocycles. The van der Waals surface area contributed by atoms with Crippen LogP contribution < -0.4 is 5.32 Å². The first-order valence-corrected chi connectivity index (χ1v) is 10.4. The number of fused-ring (bicyclic) bond motifs is 1. The van der Waals surface area contributed by atoms with Crippen LogP contribution in [0.3, 0.4) is 0 Å². The largest absolute Gasteiger partial charge is 0.339 e. The van der Waals surface area contributed by atoms with E-state index in [0.29, 0.717) is 16.9 Å². The minimum atomic E-state index is -0.223. The molecule has 6 nitrogen and oxygen atoms in total. The highest BCUT2D eigenvalue weighted by Crippen LogP contribution is 2.26. The van der Waals surface area contributed by atoms with E-state index in [2.05, 4.69) is 10.3 Å². The predicted molar refractivity (Wildman–Crippen MR) is 124 cm³/mol. The van der Waals surface area contributed by atoms with Crippen molar-refractivity contribution in [3.8, 4) is 11.3 Å². The van der Waals surface area contributed by atoms with Crippen LogP contribution in [-0.2, 0) is 0 Å². The minimum Gasteiger partial charge on any atom is -0.339 e. The molecule has 2 amide bonds. The maximum atomic E-state index is 13.1. The number of pyridine rings is 2. The number of rotatable bonds is 4. The number of hydrogen-bond donors (Lipinski definition) is 1. The molecule has 2 aromatic carbocycles. The minimum absolute atomic E-state index is 0.0521. The van der Waals surface area contributed by atoms with Gasteiger partial charge in [-0.2, -0.15) is 0 Å². The van der Waals surface area contributed by atoms with Gasteiger partial charge in [-0.05, 0) is 60.3 Å². The Hall–Kier alpha value is -3.71. The molecule has 0 saturated heterocycles. The number of anilines is 1. The van der Waals surface area contributed by atoms with Crippen molar-refractivity contribution in [1.29, 1.82) is 0 Å². The fraction of sp³-hybridized carbons (Fsp3) is 0.0833. The fourth-order valence-electron chi connectivity index (χ4n) is 3.03. The molecule has 1 N–H and O–H groups in total. The molecule has 2 heterocycles. The Morgan fingerprint density at radius 3 is 2.35 bits per heavy atom. The molecule has 0 bridgehead atoms. The first-order valence-electron chi connectivity index (χ1n) is 9.62. The molecule has 154 valence electrons. The van der Waals surface area contributed by atoms with Gasteiger partial charge in [0, 0.05) is 48.0 Å². The second kappa shape index (κ2) is 8.97. The molecule has 0 spiro atoms. The third-order valence-corrected chi connectivity index (χ3v) is 5.67. The van der Waals surface area contributed by atoms with E-state index in [0.717, 1.165) is 33.1 Å². The topological polar surface area (TPSA) is 75.2 Å². The molecular formula is C24H20N4O2S. The zero-order valence-corrected chi connectivity index (χ0v) is 17.9. The summed E-state index contributed by atoms with van der Waals surface area (Å²) >= 11 is 1.14. The van der Waals surface area contributed by atoms with Crippen molar-refractivity contribution in [3.05, 3.63) is 84.7 Å². The first kappa shape index (κ1) is 20.6. The van der Waals surface area contributed by atoms with Crippen LogP contribution in [0.5, 0.6) is 0 Å². The van der Waals surface area contributed by atoms with E-state index in [-0.39, 0.29) is 11.1 Å². The number of carbonyl (C=O) groups is 2. The van der Waals surface area contributed by atoms with Crippen molar-refractivity contribution in [2.45, 2.75) is 4.90 Å². The fourth-order valence-corrected chi connectivity index (χ4v) is 3.69.